The topological polar surface area (TPSA) is 72.2 Å². The molecular weight excluding hydrogens is 326 g/mol. The van der Waals surface area contributed by atoms with E-state index >= 15 is 0 Å². The zero-order valence-electron chi connectivity index (χ0n) is 9.90. The van der Waals surface area contributed by atoms with Crippen molar-refractivity contribution in [1.29, 1.82) is 0 Å². The van der Waals surface area contributed by atoms with Gasteiger partial charge in [-0.2, -0.15) is 0 Å². The largest absolute Gasteiger partial charge is 0.398 e. The first-order valence-corrected chi connectivity index (χ1v) is 7.56. The van der Waals surface area contributed by atoms with Gasteiger partial charge in [0.1, 0.15) is 10.7 Å². The average Bonchev–Trinajstić information content (AvgIpc) is 2.35. The Hall–Kier alpha value is -1.50. The predicted octanol–water partition coefficient (Wildman–Crippen LogP) is 3.52. The Morgan fingerprint density at radius 2 is 1.65 bits per heavy atom. The zero-order chi connectivity index (χ0) is 14.9. The van der Waals surface area contributed by atoms with Crippen LogP contribution in [0, 0.1) is 5.82 Å². The molecule has 0 bridgehead atoms. The number of nitrogens with one attached hydrogen (secondary N) is 1. The fourth-order valence-corrected chi connectivity index (χ4v) is 3.13. The first-order chi connectivity index (χ1) is 9.29. The summed E-state index contributed by atoms with van der Waals surface area (Å²) in [6.45, 7) is 0. The summed E-state index contributed by atoms with van der Waals surface area (Å²) in [5.41, 5.74) is 5.38. The molecule has 2 rings (SSSR count). The Morgan fingerprint density at radius 1 is 1.05 bits per heavy atom. The summed E-state index contributed by atoms with van der Waals surface area (Å²) in [5.74, 6) is -0.790. The van der Waals surface area contributed by atoms with Crippen molar-refractivity contribution in [3.05, 3.63) is 52.3 Å². The second kappa shape index (κ2) is 5.47. The van der Waals surface area contributed by atoms with Crippen LogP contribution in [0.4, 0.5) is 15.8 Å². The maximum absolute atomic E-state index is 13.6. The number of nitrogen functional groups attached to an aromatic ring is 1. The SMILES string of the molecule is Nc1ccc(Cl)cc1S(=O)(=O)Nc1ccc(Cl)cc1F. The van der Waals surface area contributed by atoms with Crippen molar-refractivity contribution in [2.45, 2.75) is 4.90 Å². The summed E-state index contributed by atoms with van der Waals surface area (Å²) in [5, 5.41) is 0.365. The Kier molecular flexibility index (Phi) is 4.08. The number of sulfonamides is 1. The number of halogens is 3. The molecule has 2 aromatic carbocycles. The van der Waals surface area contributed by atoms with Crippen molar-refractivity contribution in [2.75, 3.05) is 10.5 Å². The standard InChI is InChI=1S/C12H9Cl2FN2O2S/c13-7-2-4-11(9(15)5-7)17-20(18,19)12-6-8(14)1-3-10(12)16/h1-6,17H,16H2. The lowest BCUT2D eigenvalue weighted by Gasteiger charge is -2.11. The van der Waals surface area contributed by atoms with Gasteiger partial charge in [0.2, 0.25) is 0 Å². The minimum atomic E-state index is -4.04. The first-order valence-electron chi connectivity index (χ1n) is 5.32. The molecular formula is C12H9Cl2FN2O2S. The van der Waals surface area contributed by atoms with E-state index in [1.54, 1.807) is 0 Å². The van der Waals surface area contributed by atoms with Gasteiger partial charge in [-0.25, -0.2) is 12.8 Å². The van der Waals surface area contributed by atoms with E-state index < -0.39 is 15.8 Å². The second-order valence-electron chi connectivity index (χ2n) is 3.91. The third kappa shape index (κ3) is 3.15. The molecule has 0 atom stereocenters. The van der Waals surface area contributed by atoms with Gasteiger partial charge < -0.3 is 5.73 Å². The Morgan fingerprint density at radius 3 is 2.30 bits per heavy atom. The highest BCUT2D eigenvalue weighted by Crippen LogP contribution is 2.26. The van der Waals surface area contributed by atoms with Gasteiger partial charge in [0.15, 0.2) is 0 Å². The molecule has 20 heavy (non-hydrogen) atoms. The normalized spacial score (nSPS) is 11.3. The molecule has 0 spiro atoms. The Bertz CT molecular complexity index is 766. The molecule has 0 unspecified atom stereocenters. The highest BCUT2D eigenvalue weighted by atomic mass is 35.5. The smallest absolute Gasteiger partial charge is 0.264 e. The number of nitrogens with two attached hydrogens (primary N) is 1. The van der Waals surface area contributed by atoms with Crippen LogP contribution in [0.15, 0.2) is 41.3 Å². The molecule has 106 valence electrons. The lowest BCUT2D eigenvalue weighted by Crippen LogP contribution is -2.15. The number of anilines is 2. The van der Waals surface area contributed by atoms with E-state index in [0.29, 0.717) is 0 Å². The molecule has 0 aromatic heterocycles. The summed E-state index contributed by atoms with van der Waals surface area (Å²) in [7, 11) is -4.04. The summed E-state index contributed by atoms with van der Waals surface area (Å²) in [4.78, 5) is -0.223. The van der Waals surface area contributed by atoms with Gasteiger partial charge in [0.05, 0.1) is 11.4 Å². The molecule has 0 aliphatic rings. The van der Waals surface area contributed by atoms with Crippen molar-refractivity contribution in [3.8, 4) is 0 Å². The van der Waals surface area contributed by atoms with Crippen LogP contribution in [0.1, 0.15) is 0 Å². The average molecular weight is 335 g/mol. The van der Waals surface area contributed by atoms with Crippen molar-refractivity contribution in [2.24, 2.45) is 0 Å². The van der Waals surface area contributed by atoms with Crippen molar-refractivity contribution in [3.63, 3.8) is 0 Å². The number of hydrogen-bond acceptors (Lipinski definition) is 3. The van der Waals surface area contributed by atoms with Gasteiger partial charge in [0, 0.05) is 10.0 Å². The van der Waals surface area contributed by atoms with Gasteiger partial charge in [-0.3, -0.25) is 4.72 Å². The minimum absolute atomic E-state index is 0.0104. The Labute approximate surface area is 125 Å². The van der Waals surface area contributed by atoms with Crippen LogP contribution in [0.2, 0.25) is 10.0 Å². The fourth-order valence-electron chi connectivity index (χ4n) is 1.51. The predicted molar refractivity (Wildman–Crippen MR) is 78.1 cm³/mol. The second-order valence-corrected chi connectivity index (χ2v) is 6.44. The fraction of sp³-hybridized carbons (Fsp3) is 0. The van der Waals surface area contributed by atoms with E-state index in [1.165, 1.54) is 30.3 Å². The maximum atomic E-state index is 13.6. The third-order valence-electron chi connectivity index (χ3n) is 2.44. The highest BCUT2D eigenvalue weighted by Gasteiger charge is 2.19. The molecule has 0 aliphatic carbocycles. The number of rotatable bonds is 3. The molecule has 0 aliphatic heterocycles. The van der Waals surface area contributed by atoms with Crippen molar-refractivity contribution < 1.29 is 12.8 Å². The lowest BCUT2D eigenvalue weighted by molar-refractivity contribution is 0.599. The minimum Gasteiger partial charge on any atom is -0.398 e. The molecule has 0 fully saturated rings. The van der Waals surface area contributed by atoms with Crippen LogP contribution in [-0.4, -0.2) is 8.42 Å². The number of hydrogen-bond donors (Lipinski definition) is 2. The first kappa shape index (κ1) is 14.9. The summed E-state index contributed by atoms with van der Waals surface area (Å²) in [6, 6.07) is 7.58. The van der Waals surface area contributed by atoms with E-state index in [9.17, 15) is 12.8 Å². The van der Waals surface area contributed by atoms with E-state index in [0.717, 1.165) is 6.07 Å². The van der Waals surface area contributed by atoms with E-state index in [4.69, 9.17) is 28.9 Å². The van der Waals surface area contributed by atoms with Crippen LogP contribution in [0.3, 0.4) is 0 Å². The van der Waals surface area contributed by atoms with Gasteiger partial charge in [-0.1, -0.05) is 23.2 Å². The van der Waals surface area contributed by atoms with Gasteiger partial charge in [-0.15, -0.1) is 0 Å². The molecule has 0 radical (unpaired) electrons. The quantitative estimate of drug-likeness (QED) is 0.843. The molecule has 0 amide bonds. The van der Waals surface area contributed by atoms with Gasteiger partial charge in [0.25, 0.3) is 10.0 Å². The van der Waals surface area contributed by atoms with E-state index in [2.05, 4.69) is 4.72 Å². The molecule has 0 saturated carbocycles. The summed E-state index contributed by atoms with van der Waals surface area (Å²) < 4.78 is 40.0. The summed E-state index contributed by atoms with van der Waals surface area (Å²) in [6.07, 6.45) is 0. The zero-order valence-corrected chi connectivity index (χ0v) is 12.2. The molecule has 2 aromatic rings. The highest BCUT2D eigenvalue weighted by molar-refractivity contribution is 7.92. The van der Waals surface area contributed by atoms with E-state index in [-0.39, 0.29) is 26.3 Å². The van der Waals surface area contributed by atoms with Crippen LogP contribution in [0.25, 0.3) is 0 Å². The Balaban J connectivity index is 2.43. The summed E-state index contributed by atoms with van der Waals surface area (Å²) >= 11 is 11.3. The maximum Gasteiger partial charge on any atom is 0.264 e. The van der Waals surface area contributed by atoms with Crippen LogP contribution in [-0.2, 0) is 10.0 Å². The third-order valence-corrected chi connectivity index (χ3v) is 4.33. The monoisotopic (exact) mass is 334 g/mol. The van der Waals surface area contributed by atoms with Crippen LogP contribution < -0.4 is 10.5 Å². The molecule has 4 nitrogen and oxygen atoms in total. The molecule has 0 heterocycles. The lowest BCUT2D eigenvalue weighted by atomic mass is 10.3. The number of benzene rings is 2. The molecule has 0 saturated heterocycles. The molecule has 8 heteroatoms. The van der Waals surface area contributed by atoms with Crippen molar-refractivity contribution >= 4 is 44.6 Å². The van der Waals surface area contributed by atoms with E-state index in [1.807, 2.05) is 0 Å². The van der Waals surface area contributed by atoms with Crippen molar-refractivity contribution in [1.82, 2.24) is 0 Å². The van der Waals surface area contributed by atoms with Gasteiger partial charge >= 0.3 is 0 Å². The van der Waals surface area contributed by atoms with Crippen LogP contribution >= 0.6 is 23.2 Å². The molecule has 3 N–H and O–H groups in total. The van der Waals surface area contributed by atoms with Crippen LogP contribution in [0.5, 0.6) is 0 Å². The van der Waals surface area contributed by atoms with Gasteiger partial charge in [-0.05, 0) is 36.4 Å².